The number of fused-ring (bicyclic) bond motifs is 4. The molecule has 0 heterocycles. The Bertz CT molecular complexity index is 502. The second-order valence-corrected chi connectivity index (χ2v) is 11.2. The Balaban J connectivity index is 1.50. The first-order valence-electron chi connectivity index (χ1n) is 9.97. The van der Waals surface area contributed by atoms with E-state index in [4.69, 9.17) is 0 Å². The summed E-state index contributed by atoms with van der Waals surface area (Å²) in [4.78, 5) is 0. The van der Waals surface area contributed by atoms with Gasteiger partial charge < -0.3 is 0 Å². The first-order valence-corrected chi connectivity index (χ1v) is 9.97. The van der Waals surface area contributed by atoms with Gasteiger partial charge in [0.25, 0.3) is 0 Å². The molecule has 0 bridgehead atoms. The maximum atomic E-state index is 1.76. The number of rotatable bonds is 0. The third kappa shape index (κ3) is 0.446. The second-order valence-electron chi connectivity index (χ2n) is 11.2. The summed E-state index contributed by atoms with van der Waals surface area (Å²) in [5.41, 5.74) is 0. The topological polar surface area (TPSA) is 0 Å². The Kier molecular flexibility index (Phi) is 0.843. The van der Waals surface area contributed by atoms with Crippen molar-refractivity contribution in [2.45, 2.75) is 12.8 Å². The Morgan fingerprint density at radius 2 is 0.500 bits per heavy atom. The highest BCUT2D eigenvalue weighted by molar-refractivity contribution is 5.39. The normalized spacial score (nSPS) is 99.6. The van der Waals surface area contributed by atoms with Crippen LogP contribution in [0, 0.1) is 107 Å². The van der Waals surface area contributed by atoms with Crippen LogP contribution in [-0.2, 0) is 0 Å². The molecule has 0 heteroatoms. The third-order valence-corrected chi connectivity index (χ3v) is 12.6. The van der Waals surface area contributed by atoms with Gasteiger partial charge in [0.15, 0.2) is 0 Å². The summed E-state index contributed by atoms with van der Waals surface area (Å²) in [5, 5.41) is 0. The zero-order chi connectivity index (χ0) is 11.8. The third-order valence-electron chi connectivity index (χ3n) is 12.6. The van der Waals surface area contributed by atoms with Crippen LogP contribution in [0.5, 0.6) is 0 Å². The molecular weight excluding hydrogens is 240 g/mol. The average molecular weight is 262 g/mol. The van der Waals surface area contributed by atoms with Crippen molar-refractivity contribution < 1.29 is 0 Å². The molecule has 0 saturated heterocycles. The summed E-state index contributed by atoms with van der Waals surface area (Å²) in [6.07, 6.45) is 3.52. The Morgan fingerprint density at radius 3 is 0.850 bits per heavy atom. The summed E-state index contributed by atoms with van der Waals surface area (Å²) >= 11 is 0. The first-order chi connectivity index (χ1) is 9.97. The Hall–Kier alpha value is 0. The molecule has 0 aromatic heterocycles. The van der Waals surface area contributed by atoms with Gasteiger partial charge in [0, 0.05) is 0 Å². The van der Waals surface area contributed by atoms with Crippen molar-refractivity contribution in [1.82, 2.24) is 0 Å². The monoisotopic (exact) mass is 262 g/mol. The first kappa shape index (κ1) is 8.59. The molecule has 0 spiro atoms. The number of hydrogen-bond acceptors (Lipinski definition) is 0. The van der Waals surface area contributed by atoms with Crippen molar-refractivity contribution in [3.63, 3.8) is 0 Å². The zero-order valence-corrected chi connectivity index (χ0v) is 11.8. The van der Waals surface area contributed by atoms with Gasteiger partial charge in [-0.25, -0.2) is 0 Å². The minimum Gasteiger partial charge on any atom is -0.0464 e. The smallest absolute Gasteiger partial charge is 0.0312 e. The van der Waals surface area contributed by atoms with Crippen molar-refractivity contribution in [3.05, 3.63) is 0 Å². The molecular formula is C20H22. The highest BCUT2D eigenvalue weighted by Gasteiger charge is 2.92. The fourth-order valence-corrected chi connectivity index (χ4v) is 14.2. The van der Waals surface area contributed by atoms with Crippen molar-refractivity contribution in [3.8, 4) is 0 Å². The standard InChI is InChI=1S/C20H22/c1-3-7-5-2-6-8-4(1)10-9(3)15-13(7)17-11(5)12(6)18-14(8)16(10)19(15)20(17)18/h3-20H,1-2H2/t3-,4-,5-,6+,7?,8?,9-,10-,11-,12+,13?,14?,15+,16-,17+,18+,19?,20?/m1/s1. The van der Waals surface area contributed by atoms with Crippen LogP contribution in [0.3, 0.4) is 0 Å². The molecule has 18 atom stereocenters. The minimum absolute atomic E-state index is 1.28. The molecule has 102 valence electrons. The molecule has 0 aromatic rings. The van der Waals surface area contributed by atoms with Gasteiger partial charge in [0.2, 0.25) is 0 Å². The summed E-state index contributed by atoms with van der Waals surface area (Å²) in [6.45, 7) is 0. The van der Waals surface area contributed by atoms with Gasteiger partial charge in [0.05, 0.1) is 0 Å². The van der Waals surface area contributed by atoms with Crippen LogP contribution in [0.4, 0.5) is 0 Å². The van der Waals surface area contributed by atoms with Gasteiger partial charge in [0.1, 0.15) is 0 Å². The molecule has 0 aromatic carbocycles. The van der Waals surface area contributed by atoms with E-state index in [9.17, 15) is 0 Å². The maximum absolute atomic E-state index is 1.76. The lowest BCUT2D eigenvalue weighted by molar-refractivity contribution is 0.133. The van der Waals surface area contributed by atoms with E-state index in [0.29, 0.717) is 0 Å². The molecule has 10 fully saturated rings. The van der Waals surface area contributed by atoms with Crippen LogP contribution in [0.2, 0.25) is 0 Å². The molecule has 10 saturated carbocycles. The van der Waals surface area contributed by atoms with Crippen molar-refractivity contribution in [2.75, 3.05) is 0 Å². The quantitative estimate of drug-likeness (QED) is 0.629. The van der Waals surface area contributed by atoms with Crippen molar-refractivity contribution in [2.24, 2.45) is 107 Å². The van der Waals surface area contributed by atoms with Crippen LogP contribution in [0.1, 0.15) is 12.8 Å². The van der Waals surface area contributed by atoms with Crippen molar-refractivity contribution >= 4 is 0 Å². The Morgan fingerprint density at radius 1 is 0.250 bits per heavy atom. The van der Waals surface area contributed by atoms with Crippen LogP contribution < -0.4 is 0 Å². The second kappa shape index (κ2) is 1.96. The molecule has 0 nitrogen and oxygen atoms in total. The van der Waals surface area contributed by atoms with Crippen LogP contribution in [-0.4, -0.2) is 0 Å². The van der Waals surface area contributed by atoms with E-state index in [1.807, 2.05) is 0 Å². The van der Waals surface area contributed by atoms with Crippen LogP contribution >= 0.6 is 0 Å². The lowest BCUT2D eigenvalue weighted by Gasteiger charge is -2.34. The summed E-state index contributed by atoms with van der Waals surface area (Å²) in [5.74, 6) is 23.5. The zero-order valence-electron chi connectivity index (χ0n) is 11.8. The highest BCUT2D eigenvalue weighted by Crippen LogP contribution is 2.96. The fraction of sp³-hybridized carbons (Fsp3) is 1.00. The maximum Gasteiger partial charge on any atom is -0.0312 e. The molecule has 10 rings (SSSR count). The Labute approximate surface area is 120 Å². The van der Waals surface area contributed by atoms with Gasteiger partial charge in [-0.3, -0.25) is 0 Å². The highest BCUT2D eigenvalue weighted by atomic mass is 15.0. The van der Waals surface area contributed by atoms with Gasteiger partial charge in [-0.1, -0.05) is 0 Å². The fourth-order valence-electron chi connectivity index (χ4n) is 14.2. The molecule has 10 aliphatic rings. The molecule has 20 heavy (non-hydrogen) atoms. The molecule has 6 unspecified atom stereocenters. The predicted octanol–water partition coefficient (Wildman–Crippen LogP) is 2.99. The molecule has 0 N–H and O–H groups in total. The van der Waals surface area contributed by atoms with Gasteiger partial charge in [-0.2, -0.15) is 0 Å². The van der Waals surface area contributed by atoms with Gasteiger partial charge >= 0.3 is 0 Å². The van der Waals surface area contributed by atoms with E-state index in [1.165, 1.54) is 107 Å². The van der Waals surface area contributed by atoms with E-state index in [2.05, 4.69) is 0 Å². The molecule has 10 aliphatic carbocycles. The van der Waals surface area contributed by atoms with E-state index in [-0.39, 0.29) is 0 Å². The van der Waals surface area contributed by atoms with E-state index < -0.39 is 0 Å². The predicted molar refractivity (Wildman–Crippen MR) is 72.1 cm³/mol. The largest absolute Gasteiger partial charge is 0.0464 e. The minimum atomic E-state index is 1.28. The van der Waals surface area contributed by atoms with E-state index in [1.54, 1.807) is 12.8 Å². The van der Waals surface area contributed by atoms with E-state index >= 15 is 0 Å². The van der Waals surface area contributed by atoms with Crippen LogP contribution in [0.25, 0.3) is 0 Å². The SMILES string of the molecule is C1[C@@H]2C3C4[C@H]5C6C7[C@H]8C9C([C@@H]1[C@@H]8[C@@H]2[C@@H]47)[C@@H]1C[C@H]3[C@@H]5[C@H]1[C@H]69. The average Bonchev–Trinajstić information content (AvgIpc) is 3.11. The van der Waals surface area contributed by atoms with Gasteiger partial charge in [-0.05, 0) is 119 Å². The van der Waals surface area contributed by atoms with Gasteiger partial charge in [-0.15, -0.1) is 0 Å². The lowest BCUT2D eigenvalue weighted by atomic mass is 9.70. The summed E-state index contributed by atoms with van der Waals surface area (Å²) in [6, 6.07) is 0. The van der Waals surface area contributed by atoms with E-state index in [0.717, 1.165) is 0 Å². The summed E-state index contributed by atoms with van der Waals surface area (Å²) in [7, 11) is 0. The number of hydrogen-bond donors (Lipinski definition) is 0. The molecule has 0 amide bonds. The van der Waals surface area contributed by atoms with Crippen LogP contribution in [0.15, 0.2) is 0 Å². The summed E-state index contributed by atoms with van der Waals surface area (Å²) < 4.78 is 0. The van der Waals surface area contributed by atoms with Crippen molar-refractivity contribution in [1.29, 1.82) is 0 Å². The molecule has 0 aliphatic heterocycles. The molecule has 0 radical (unpaired) electrons. The lowest BCUT2D eigenvalue weighted by Crippen LogP contribution is -2.29.